The Labute approximate surface area is 146 Å². The average molecular weight is 342 g/mol. The van der Waals surface area contributed by atoms with Gasteiger partial charge >= 0.3 is 0 Å². The number of aromatic amines is 1. The van der Waals surface area contributed by atoms with Crippen molar-refractivity contribution in [2.24, 2.45) is 0 Å². The van der Waals surface area contributed by atoms with Crippen molar-refractivity contribution in [1.29, 1.82) is 0 Å². The van der Waals surface area contributed by atoms with Crippen LogP contribution in [0.4, 0.5) is 4.39 Å². The molecule has 0 fully saturated rings. The van der Waals surface area contributed by atoms with Crippen molar-refractivity contribution in [2.75, 3.05) is 0 Å². The lowest BCUT2D eigenvalue weighted by molar-refractivity contribution is 0.546. The van der Waals surface area contributed by atoms with Gasteiger partial charge in [0, 0.05) is 24.2 Å². The molecule has 3 aromatic rings. The molecule has 3 rings (SSSR count). The van der Waals surface area contributed by atoms with Gasteiger partial charge < -0.3 is 5.32 Å². The molecule has 2 heterocycles. The lowest BCUT2D eigenvalue weighted by Gasteiger charge is -2.10. The number of benzene rings is 1. The molecule has 0 aliphatic rings. The maximum atomic E-state index is 13.4. The van der Waals surface area contributed by atoms with Crippen LogP contribution in [-0.2, 0) is 6.54 Å². The summed E-state index contributed by atoms with van der Waals surface area (Å²) in [4.78, 5) is 4.52. The molecule has 0 radical (unpaired) electrons. The number of hydrogen-bond donors (Lipinski definition) is 2. The Hall–Kier alpha value is -2.54. The predicted octanol–water partition coefficient (Wildman–Crippen LogP) is 3.41. The number of aromatic nitrogens is 5. The van der Waals surface area contributed by atoms with E-state index >= 15 is 0 Å². The summed E-state index contributed by atoms with van der Waals surface area (Å²) in [6.45, 7) is 8.75. The van der Waals surface area contributed by atoms with Crippen LogP contribution in [0.25, 0.3) is 5.69 Å². The zero-order chi connectivity index (χ0) is 18.0. The lowest BCUT2D eigenvalue weighted by atomic mass is 10.2. The highest BCUT2D eigenvalue weighted by atomic mass is 19.1. The fraction of sp³-hybridized carbons (Fsp3) is 0.389. The maximum Gasteiger partial charge on any atom is 0.153 e. The molecule has 1 atom stereocenters. The summed E-state index contributed by atoms with van der Waals surface area (Å²) >= 11 is 0. The van der Waals surface area contributed by atoms with Crippen LogP contribution in [0.5, 0.6) is 0 Å². The molecule has 1 aromatic carbocycles. The summed E-state index contributed by atoms with van der Waals surface area (Å²) in [6.07, 6.45) is 1.92. The Morgan fingerprint density at radius 1 is 1.28 bits per heavy atom. The van der Waals surface area contributed by atoms with E-state index in [1.54, 1.807) is 10.7 Å². The smallest absolute Gasteiger partial charge is 0.153 e. The highest BCUT2D eigenvalue weighted by Crippen LogP contribution is 2.16. The van der Waals surface area contributed by atoms with Gasteiger partial charge in [0.05, 0.1) is 17.4 Å². The van der Waals surface area contributed by atoms with Gasteiger partial charge in [-0.2, -0.15) is 10.2 Å². The SMILES string of the molecule is Cc1nn(-c2cccc(F)c2)cc1CNC(C)c1nc(C(C)C)n[nH]1. The molecule has 0 aliphatic carbocycles. The zero-order valence-corrected chi connectivity index (χ0v) is 14.9. The Kier molecular flexibility index (Phi) is 4.94. The first kappa shape index (κ1) is 17.3. The van der Waals surface area contributed by atoms with Crippen LogP contribution in [0.1, 0.15) is 55.6 Å². The van der Waals surface area contributed by atoms with Crippen molar-refractivity contribution in [3.63, 3.8) is 0 Å². The molecule has 1 unspecified atom stereocenters. The number of H-pyrrole nitrogens is 1. The number of hydrogen-bond acceptors (Lipinski definition) is 4. The summed E-state index contributed by atoms with van der Waals surface area (Å²) in [5, 5.41) is 15.1. The molecule has 7 heteroatoms. The van der Waals surface area contributed by atoms with Gasteiger partial charge in [0.2, 0.25) is 0 Å². The standard InChI is InChI=1S/C18H23FN6/c1-11(2)17-21-18(23-22-17)13(4)20-9-14-10-25(24-12(14)3)16-7-5-6-15(19)8-16/h5-8,10-11,13,20H,9H2,1-4H3,(H,21,22,23). The van der Waals surface area contributed by atoms with Crippen LogP contribution < -0.4 is 5.32 Å². The van der Waals surface area contributed by atoms with Gasteiger partial charge in [-0.3, -0.25) is 5.10 Å². The number of nitrogens with zero attached hydrogens (tertiary/aromatic N) is 4. The topological polar surface area (TPSA) is 71.4 Å². The molecule has 132 valence electrons. The van der Waals surface area contributed by atoms with E-state index in [1.807, 2.05) is 26.1 Å². The van der Waals surface area contributed by atoms with Crippen molar-refractivity contribution in [1.82, 2.24) is 30.3 Å². The van der Waals surface area contributed by atoms with E-state index in [2.05, 4.69) is 39.4 Å². The molecule has 0 spiro atoms. The van der Waals surface area contributed by atoms with Gasteiger partial charge in [0.1, 0.15) is 11.6 Å². The Balaban J connectivity index is 1.68. The zero-order valence-electron chi connectivity index (χ0n) is 14.9. The number of halogens is 1. The summed E-state index contributed by atoms with van der Waals surface area (Å²) in [6, 6.07) is 6.44. The van der Waals surface area contributed by atoms with Crippen LogP contribution >= 0.6 is 0 Å². The third-order valence-electron chi connectivity index (χ3n) is 4.12. The van der Waals surface area contributed by atoms with Gasteiger partial charge in [-0.05, 0) is 32.0 Å². The minimum atomic E-state index is -0.273. The van der Waals surface area contributed by atoms with Crippen LogP contribution in [0.2, 0.25) is 0 Å². The largest absolute Gasteiger partial charge is 0.303 e. The van der Waals surface area contributed by atoms with Gasteiger partial charge in [-0.25, -0.2) is 14.1 Å². The summed E-state index contributed by atoms with van der Waals surface area (Å²) in [5.41, 5.74) is 2.67. The highest BCUT2D eigenvalue weighted by Gasteiger charge is 2.14. The van der Waals surface area contributed by atoms with Crippen molar-refractivity contribution < 1.29 is 4.39 Å². The first-order chi connectivity index (χ1) is 11.9. The number of rotatable bonds is 6. The van der Waals surface area contributed by atoms with Crippen LogP contribution in [0.15, 0.2) is 30.5 Å². The second kappa shape index (κ2) is 7.14. The third kappa shape index (κ3) is 3.93. The molecular formula is C18H23FN6. The molecule has 25 heavy (non-hydrogen) atoms. The normalized spacial score (nSPS) is 12.7. The fourth-order valence-corrected chi connectivity index (χ4v) is 2.52. The van der Waals surface area contributed by atoms with E-state index in [0.29, 0.717) is 18.2 Å². The monoisotopic (exact) mass is 342 g/mol. The minimum Gasteiger partial charge on any atom is -0.303 e. The third-order valence-corrected chi connectivity index (χ3v) is 4.12. The van der Waals surface area contributed by atoms with E-state index in [0.717, 1.165) is 22.9 Å². The Bertz CT molecular complexity index is 851. The Morgan fingerprint density at radius 2 is 2.08 bits per heavy atom. The van der Waals surface area contributed by atoms with E-state index in [9.17, 15) is 4.39 Å². The Morgan fingerprint density at radius 3 is 2.76 bits per heavy atom. The molecule has 2 N–H and O–H groups in total. The first-order valence-corrected chi connectivity index (χ1v) is 8.40. The molecule has 0 bridgehead atoms. The molecule has 0 saturated carbocycles. The molecule has 2 aromatic heterocycles. The van der Waals surface area contributed by atoms with Gasteiger partial charge in [-0.15, -0.1) is 0 Å². The van der Waals surface area contributed by atoms with Gasteiger partial charge in [0.15, 0.2) is 5.82 Å². The van der Waals surface area contributed by atoms with Crippen LogP contribution in [0.3, 0.4) is 0 Å². The summed E-state index contributed by atoms with van der Waals surface area (Å²) < 4.78 is 15.1. The second-order valence-corrected chi connectivity index (χ2v) is 6.50. The number of aryl methyl sites for hydroxylation is 1. The highest BCUT2D eigenvalue weighted by molar-refractivity contribution is 5.33. The molecule has 0 aliphatic heterocycles. The van der Waals surface area contributed by atoms with E-state index < -0.39 is 0 Å². The van der Waals surface area contributed by atoms with Gasteiger partial charge in [0.25, 0.3) is 0 Å². The average Bonchev–Trinajstić information content (AvgIpc) is 3.20. The van der Waals surface area contributed by atoms with E-state index in [-0.39, 0.29) is 11.9 Å². The van der Waals surface area contributed by atoms with Crippen molar-refractivity contribution in [3.05, 3.63) is 59.2 Å². The first-order valence-electron chi connectivity index (χ1n) is 8.40. The van der Waals surface area contributed by atoms with E-state index in [4.69, 9.17) is 0 Å². The molecule has 0 saturated heterocycles. The predicted molar refractivity (Wildman–Crippen MR) is 94.0 cm³/mol. The molecule has 6 nitrogen and oxygen atoms in total. The summed E-state index contributed by atoms with van der Waals surface area (Å²) in [7, 11) is 0. The van der Waals surface area contributed by atoms with Crippen molar-refractivity contribution >= 4 is 0 Å². The fourth-order valence-electron chi connectivity index (χ4n) is 2.52. The second-order valence-electron chi connectivity index (χ2n) is 6.50. The van der Waals surface area contributed by atoms with Crippen molar-refractivity contribution in [3.8, 4) is 5.69 Å². The lowest BCUT2D eigenvalue weighted by Crippen LogP contribution is -2.19. The summed E-state index contributed by atoms with van der Waals surface area (Å²) in [5.74, 6) is 1.66. The number of nitrogens with one attached hydrogen (secondary N) is 2. The van der Waals surface area contributed by atoms with Crippen LogP contribution in [-0.4, -0.2) is 25.0 Å². The van der Waals surface area contributed by atoms with E-state index in [1.165, 1.54) is 12.1 Å². The van der Waals surface area contributed by atoms with Crippen LogP contribution in [0, 0.1) is 12.7 Å². The minimum absolute atomic E-state index is 0.0388. The maximum absolute atomic E-state index is 13.4. The molecular weight excluding hydrogens is 319 g/mol. The van der Waals surface area contributed by atoms with Gasteiger partial charge in [-0.1, -0.05) is 19.9 Å². The molecule has 0 amide bonds. The quantitative estimate of drug-likeness (QED) is 0.720. The van der Waals surface area contributed by atoms with Crippen molar-refractivity contribution in [2.45, 2.75) is 46.2 Å².